The minimum absolute atomic E-state index is 0. The molecular formula is C73H84F3Ir2N10O5S-3. The van der Waals surface area contributed by atoms with Crippen molar-refractivity contribution in [2.24, 2.45) is 0 Å². The summed E-state index contributed by atoms with van der Waals surface area (Å²) in [6.45, 7) is 16.5. The third kappa shape index (κ3) is 26.3. The summed E-state index contributed by atoms with van der Waals surface area (Å²) in [5.41, 5.74) is 1.98. The number of halogens is 3. The Bertz CT molecular complexity index is 4140. The number of pyridine rings is 4. The van der Waals surface area contributed by atoms with Gasteiger partial charge in [0.05, 0.1) is 5.69 Å². The van der Waals surface area contributed by atoms with Crippen LogP contribution in [0, 0.1) is 45.6 Å². The van der Waals surface area contributed by atoms with E-state index in [1.165, 1.54) is 36.4 Å². The fourth-order valence-corrected chi connectivity index (χ4v) is 7.23. The van der Waals surface area contributed by atoms with Gasteiger partial charge < -0.3 is 25.2 Å². The predicted octanol–water partition coefficient (Wildman–Crippen LogP) is 16.1. The van der Waals surface area contributed by atoms with Gasteiger partial charge in [-0.15, -0.1) is 107 Å². The van der Waals surface area contributed by atoms with Gasteiger partial charge in [-0.2, -0.15) is 21.6 Å². The van der Waals surface area contributed by atoms with E-state index in [4.69, 9.17) is 69.5 Å². The Hall–Kier alpha value is -7.58. The number of aliphatic hydroxyl groups excluding tert-OH is 2. The monoisotopic (exact) mass is 1670 g/mol. The molecule has 4 aromatic carbocycles. The smallest absolute Gasteiger partial charge is 0.400 e. The van der Waals surface area contributed by atoms with Gasteiger partial charge in [0.2, 0.25) is 0 Å². The normalized spacial score (nSPS) is 13.5. The van der Waals surface area contributed by atoms with Crippen molar-refractivity contribution in [3.05, 3.63) is 228 Å². The maximum Gasteiger partial charge on any atom is 0.522 e. The van der Waals surface area contributed by atoms with Crippen LogP contribution < -0.4 is 0 Å². The number of benzene rings is 4. The first kappa shape index (κ1) is 63.8. The van der Waals surface area contributed by atoms with Crippen molar-refractivity contribution >= 4 is 10.1 Å². The molecule has 15 nitrogen and oxygen atoms in total. The second kappa shape index (κ2) is 36.9. The molecule has 0 aliphatic heterocycles. The number of nitrogens with zero attached hydrogens (tertiary/aromatic N) is 10. The van der Waals surface area contributed by atoms with E-state index >= 15 is 0 Å². The first-order valence-electron chi connectivity index (χ1n) is 34.3. The number of aromatic nitrogens is 10. The van der Waals surface area contributed by atoms with Gasteiger partial charge in [-0.1, -0.05) is 164 Å². The van der Waals surface area contributed by atoms with Gasteiger partial charge in [0.15, 0.2) is 11.6 Å². The largest absolute Gasteiger partial charge is 0.522 e. The van der Waals surface area contributed by atoms with Gasteiger partial charge in [0.1, 0.15) is 23.3 Å². The molecule has 10 aromatic rings. The van der Waals surface area contributed by atoms with E-state index in [2.05, 4.69) is 133 Å². The maximum atomic E-state index is 10.7. The molecule has 94 heavy (non-hydrogen) atoms. The number of hydrogen-bond donors (Lipinski definition) is 3. The van der Waals surface area contributed by atoms with Crippen molar-refractivity contribution in [2.75, 3.05) is 14.2 Å². The van der Waals surface area contributed by atoms with Crippen LogP contribution in [0.3, 0.4) is 0 Å². The summed E-state index contributed by atoms with van der Waals surface area (Å²) < 4.78 is 145. The molecule has 3 N–H and O–H groups in total. The first-order valence-corrected chi connectivity index (χ1v) is 29.8. The molecule has 0 aliphatic carbocycles. The number of aryl methyl sites for hydroxylation is 4. The Morgan fingerprint density at radius 1 is 0.394 bits per heavy atom. The molecular weight excluding hydrogens is 1570 g/mol. The fourth-order valence-electron chi connectivity index (χ4n) is 7.23. The third-order valence-electron chi connectivity index (χ3n) is 12.0. The molecule has 0 amide bonds. The Morgan fingerprint density at radius 3 is 1.06 bits per heavy atom. The number of alkyl halides is 3. The van der Waals surface area contributed by atoms with Gasteiger partial charge in [-0.05, 0) is 55.1 Å². The molecule has 0 spiro atoms. The van der Waals surface area contributed by atoms with Crippen molar-refractivity contribution < 1.29 is 93.0 Å². The molecule has 2 radical (unpaired) electrons. The molecule has 0 aliphatic rings. The van der Waals surface area contributed by atoms with Crippen molar-refractivity contribution in [3.63, 3.8) is 0 Å². The Kier molecular flexibility index (Phi) is 25.1. The summed E-state index contributed by atoms with van der Waals surface area (Å²) in [6, 6.07) is 53.2. The predicted molar refractivity (Wildman–Crippen MR) is 360 cm³/mol. The van der Waals surface area contributed by atoms with E-state index in [1.54, 1.807) is 36.4 Å². The Balaban J connectivity index is 0.000000456. The van der Waals surface area contributed by atoms with E-state index in [9.17, 15) is 13.2 Å². The molecule has 0 atom stereocenters. The zero-order valence-corrected chi connectivity index (χ0v) is 60.0. The first-order chi connectivity index (χ1) is 47.9. The summed E-state index contributed by atoms with van der Waals surface area (Å²) in [5.74, 6) is 4.56. The third-order valence-corrected chi connectivity index (χ3v) is 12.6. The number of rotatable bonds is 6. The summed E-state index contributed by atoms with van der Waals surface area (Å²) in [5, 5.41) is 14.0. The quantitative estimate of drug-likeness (QED) is 0.0800. The summed E-state index contributed by atoms with van der Waals surface area (Å²) >= 11 is 0. The van der Waals surface area contributed by atoms with E-state index in [0.717, 1.165) is 71.2 Å². The summed E-state index contributed by atoms with van der Waals surface area (Å²) in [4.78, 5) is 45.7. The van der Waals surface area contributed by atoms with E-state index in [-0.39, 0.29) is 84.4 Å². The molecule has 0 saturated carbocycles. The van der Waals surface area contributed by atoms with Crippen molar-refractivity contribution in [3.8, 4) is 67.8 Å². The van der Waals surface area contributed by atoms with Gasteiger partial charge in [-0.3, -0.25) is 9.54 Å². The average Bonchev–Trinajstić information content (AvgIpc) is 0.798. The van der Waals surface area contributed by atoms with Crippen molar-refractivity contribution in [1.82, 2.24) is 49.8 Å². The van der Waals surface area contributed by atoms with E-state index < -0.39 is 43.0 Å². The van der Waals surface area contributed by atoms with E-state index in [0.29, 0.717) is 34.2 Å². The topological polar surface area (TPSA) is 224 Å². The summed E-state index contributed by atoms with van der Waals surface area (Å²) in [7, 11) is -3.84. The van der Waals surface area contributed by atoms with Crippen LogP contribution in [0.2, 0.25) is 0 Å². The van der Waals surface area contributed by atoms with Gasteiger partial charge >= 0.3 is 15.6 Å². The molecule has 6 heterocycles. The van der Waals surface area contributed by atoms with Crippen LogP contribution in [0.4, 0.5) is 13.2 Å². The zero-order chi connectivity index (χ0) is 78.8. The van der Waals surface area contributed by atoms with Gasteiger partial charge in [-0.25, -0.2) is 29.9 Å². The fraction of sp³-hybridized carbons (Fsp3) is 0.315. The minimum Gasteiger partial charge on any atom is -0.400 e. The van der Waals surface area contributed by atoms with Crippen LogP contribution in [-0.4, -0.2) is 92.8 Å². The van der Waals surface area contributed by atoms with Gasteiger partial charge in [0, 0.05) is 133 Å². The van der Waals surface area contributed by atoms with Crippen LogP contribution in [-0.2, 0) is 72.0 Å². The molecule has 0 bridgehead atoms. The average molecular weight is 1670 g/mol. The number of hydrogen-bond acceptors (Lipinski definition) is 14. The molecule has 21 heteroatoms. The standard InChI is InChI=1S/C22H26N4.C22H25N4.2C13H12N.CHF3O3S.2CH4O.2Ir/c2*1-21(2,3)19-24-18(25-20(26-19)22(4,5)6)16-12-13-17(23-14-16)15-10-8-7-9-11-15;2*1-10-6-8-12(9-7-10)13-5-3-4-11(2)14-13;2-1(3,4)8(5,6)7;2*1-2;;/h7-14H,1-6H3;7-10,12-14H,1-6H3;2*3-8H,1-2H3;(H,5,6,7);2*2H,1H3;;/q;3*-1;;;;;/i;;2*1D3,2D3;;;;;. The zero-order valence-electron chi connectivity index (χ0n) is 66.4. The minimum atomic E-state index is -5.84. The molecule has 0 saturated heterocycles. The van der Waals surface area contributed by atoms with Crippen molar-refractivity contribution in [2.45, 2.75) is 138 Å². The SMILES string of the molecule is CC(C)(C)c1nc(-c2ccc(-c3[c-]cccc3)nc2)nc(C(C)(C)C)n1.CC(C)(C)c1nc(-c2ccc(-c3ccccc3)nc2)nc(C(C)(C)C)n1.CO.CO.O=S(=O)(O)C(F)(F)F.[2H]C([2H])([2H])c1c[c-]c(-c2cccc(C([2H])([2H])[2H])n2)cc1.[2H]C([2H])([2H])c1c[c-]c(-c2cccc(C([2H])([2H])[2H])n2)cc1.[Ir].[Ir]. The van der Waals surface area contributed by atoms with Crippen LogP contribution in [0.1, 0.15) is 145 Å². The van der Waals surface area contributed by atoms with Crippen LogP contribution in [0.25, 0.3) is 67.8 Å². The Morgan fingerprint density at radius 2 is 0.766 bits per heavy atom. The molecule has 6 aromatic heterocycles. The molecule has 10 rings (SSSR count). The second-order valence-electron chi connectivity index (χ2n) is 23.8. The van der Waals surface area contributed by atoms with E-state index in [1.807, 2.05) is 79.1 Å². The van der Waals surface area contributed by atoms with Crippen molar-refractivity contribution in [1.29, 1.82) is 0 Å². The molecule has 0 unspecified atom stereocenters. The van der Waals surface area contributed by atoms with Crippen LogP contribution in [0.15, 0.2) is 164 Å². The second-order valence-corrected chi connectivity index (χ2v) is 25.3. The molecule has 504 valence electrons. The Labute approximate surface area is 597 Å². The summed E-state index contributed by atoms with van der Waals surface area (Å²) in [6.07, 6.45) is 3.67. The van der Waals surface area contributed by atoms with Crippen LogP contribution >= 0.6 is 0 Å². The van der Waals surface area contributed by atoms with Crippen LogP contribution in [0.5, 0.6) is 0 Å². The molecule has 0 fully saturated rings. The maximum absolute atomic E-state index is 10.7. The number of aliphatic hydroxyl groups is 2. The van der Waals surface area contributed by atoms with Gasteiger partial charge in [0.25, 0.3) is 0 Å².